The van der Waals surface area contributed by atoms with Gasteiger partial charge in [0.1, 0.15) is 5.82 Å². The Balaban J connectivity index is 2.26. The van der Waals surface area contributed by atoms with Crippen LogP contribution >= 0.6 is 22.9 Å². The number of benzene rings is 1. The van der Waals surface area contributed by atoms with E-state index in [9.17, 15) is 4.39 Å². The van der Waals surface area contributed by atoms with Crippen LogP contribution in [0, 0.1) is 5.82 Å². The Labute approximate surface area is 107 Å². The minimum Gasteiger partial charge on any atom is -0.271 e. The van der Waals surface area contributed by atoms with Gasteiger partial charge in [-0.25, -0.2) is 4.39 Å². The first kappa shape index (κ1) is 12.4. The van der Waals surface area contributed by atoms with Crippen LogP contribution < -0.4 is 11.3 Å². The summed E-state index contributed by atoms with van der Waals surface area (Å²) >= 11 is 7.25. The van der Waals surface area contributed by atoms with Crippen LogP contribution in [-0.2, 0) is 6.42 Å². The van der Waals surface area contributed by atoms with Gasteiger partial charge in [0.25, 0.3) is 0 Å². The van der Waals surface area contributed by atoms with Crippen molar-refractivity contribution in [2.75, 3.05) is 0 Å². The van der Waals surface area contributed by atoms with Crippen molar-refractivity contribution in [1.29, 1.82) is 0 Å². The number of hydrogen-bond donors (Lipinski definition) is 2. The first-order valence-electron chi connectivity index (χ1n) is 4.99. The predicted molar refractivity (Wildman–Crippen MR) is 67.3 cm³/mol. The molecule has 1 unspecified atom stereocenters. The number of rotatable bonds is 4. The summed E-state index contributed by atoms with van der Waals surface area (Å²) < 4.78 is 13.8. The number of hydrazine groups is 1. The molecule has 0 aliphatic carbocycles. The first-order chi connectivity index (χ1) is 8.22. The van der Waals surface area contributed by atoms with E-state index in [0.29, 0.717) is 12.0 Å². The van der Waals surface area contributed by atoms with E-state index in [4.69, 9.17) is 17.4 Å². The molecule has 3 nitrogen and oxygen atoms in total. The van der Waals surface area contributed by atoms with Gasteiger partial charge in [0.2, 0.25) is 0 Å². The van der Waals surface area contributed by atoms with E-state index in [2.05, 4.69) is 10.4 Å². The lowest BCUT2D eigenvalue weighted by atomic mass is 10.0. The van der Waals surface area contributed by atoms with Gasteiger partial charge in [0.05, 0.1) is 16.6 Å². The average molecular weight is 272 g/mol. The monoisotopic (exact) mass is 271 g/mol. The highest BCUT2D eigenvalue weighted by Gasteiger charge is 2.17. The van der Waals surface area contributed by atoms with Gasteiger partial charge in [-0.05, 0) is 6.07 Å². The summed E-state index contributed by atoms with van der Waals surface area (Å²) in [5, 5.41) is 0.104. The summed E-state index contributed by atoms with van der Waals surface area (Å²) in [5.41, 5.74) is 4.80. The van der Waals surface area contributed by atoms with Crippen LogP contribution in [0.25, 0.3) is 0 Å². The molecule has 1 aromatic heterocycles. The molecule has 0 fully saturated rings. The third kappa shape index (κ3) is 2.81. The van der Waals surface area contributed by atoms with Gasteiger partial charge in [-0.1, -0.05) is 23.7 Å². The molecule has 2 aromatic rings. The van der Waals surface area contributed by atoms with Gasteiger partial charge in [-0.15, -0.1) is 11.3 Å². The van der Waals surface area contributed by atoms with Crippen molar-refractivity contribution >= 4 is 22.9 Å². The van der Waals surface area contributed by atoms with E-state index in [0.717, 1.165) is 4.88 Å². The summed E-state index contributed by atoms with van der Waals surface area (Å²) in [6, 6.07) is 4.58. The Morgan fingerprint density at radius 3 is 3.00 bits per heavy atom. The van der Waals surface area contributed by atoms with Crippen LogP contribution in [0.3, 0.4) is 0 Å². The van der Waals surface area contributed by atoms with Crippen molar-refractivity contribution < 1.29 is 4.39 Å². The number of nitrogens with two attached hydrogens (primary N) is 1. The lowest BCUT2D eigenvalue weighted by molar-refractivity contribution is 0.513. The molecule has 0 aliphatic rings. The standard InChI is InChI=1S/C11H11ClFN3S/c12-9-3-1-2-8(11(9)13)10(16-14)4-7-5-15-6-17-7/h1-3,5-6,10,16H,4,14H2. The highest BCUT2D eigenvalue weighted by Crippen LogP contribution is 2.26. The van der Waals surface area contributed by atoms with Crippen LogP contribution in [0.4, 0.5) is 4.39 Å². The number of halogens is 2. The molecule has 0 amide bonds. The third-order valence-electron chi connectivity index (χ3n) is 2.45. The minimum absolute atomic E-state index is 0.104. The Hall–Kier alpha value is -1.01. The maximum atomic E-state index is 13.8. The molecule has 1 heterocycles. The van der Waals surface area contributed by atoms with Gasteiger partial charge < -0.3 is 0 Å². The van der Waals surface area contributed by atoms with Crippen molar-refractivity contribution in [3.05, 3.63) is 51.2 Å². The van der Waals surface area contributed by atoms with Crippen molar-refractivity contribution in [2.45, 2.75) is 12.5 Å². The molecule has 0 aliphatic heterocycles. The Morgan fingerprint density at radius 2 is 2.35 bits per heavy atom. The lowest BCUT2D eigenvalue weighted by Crippen LogP contribution is -2.30. The second kappa shape index (κ2) is 5.55. The number of hydrogen-bond acceptors (Lipinski definition) is 4. The smallest absolute Gasteiger partial charge is 0.146 e. The van der Waals surface area contributed by atoms with Crippen LogP contribution in [0.5, 0.6) is 0 Å². The highest BCUT2D eigenvalue weighted by atomic mass is 35.5. The molecule has 0 bridgehead atoms. The molecule has 0 saturated heterocycles. The van der Waals surface area contributed by atoms with Gasteiger partial charge in [-0.2, -0.15) is 0 Å². The molecule has 17 heavy (non-hydrogen) atoms. The fourth-order valence-electron chi connectivity index (χ4n) is 1.59. The Kier molecular flexibility index (Phi) is 4.06. The third-order valence-corrected chi connectivity index (χ3v) is 3.54. The van der Waals surface area contributed by atoms with Gasteiger partial charge in [-0.3, -0.25) is 16.3 Å². The highest BCUT2D eigenvalue weighted by molar-refractivity contribution is 7.09. The van der Waals surface area contributed by atoms with Crippen molar-refractivity contribution in [3.8, 4) is 0 Å². The molecule has 2 rings (SSSR count). The molecule has 0 spiro atoms. The van der Waals surface area contributed by atoms with E-state index in [1.165, 1.54) is 17.4 Å². The average Bonchev–Trinajstić information content (AvgIpc) is 2.83. The summed E-state index contributed by atoms with van der Waals surface area (Å²) in [4.78, 5) is 5.01. The van der Waals surface area contributed by atoms with Gasteiger partial charge >= 0.3 is 0 Å². The normalized spacial score (nSPS) is 12.6. The topological polar surface area (TPSA) is 50.9 Å². The van der Waals surface area contributed by atoms with Crippen molar-refractivity contribution in [1.82, 2.24) is 10.4 Å². The van der Waals surface area contributed by atoms with Crippen molar-refractivity contribution in [3.63, 3.8) is 0 Å². The number of nitrogens with one attached hydrogen (secondary N) is 1. The largest absolute Gasteiger partial charge is 0.271 e. The minimum atomic E-state index is -0.429. The molecule has 6 heteroatoms. The van der Waals surface area contributed by atoms with Gasteiger partial charge in [0, 0.05) is 23.1 Å². The van der Waals surface area contributed by atoms with E-state index >= 15 is 0 Å². The van der Waals surface area contributed by atoms with Crippen LogP contribution in [0.15, 0.2) is 29.9 Å². The Bertz CT molecular complexity index is 489. The number of thiazole rings is 1. The van der Waals surface area contributed by atoms with Crippen molar-refractivity contribution in [2.24, 2.45) is 5.84 Å². The SMILES string of the molecule is NNC(Cc1cncs1)c1cccc(Cl)c1F. The zero-order chi connectivity index (χ0) is 12.3. The second-order valence-electron chi connectivity index (χ2n) is 3.53. The van der Waals surface area contributed by atoms with Crippen LogP contribution in [-0.4, -0.2) is 4.98 Å². The Morgan fingerprint density at radius 1 is 1.53 bits per heavy atom. The summed E-state index contributed by atoms with van der Waals surface area (Å²) in [7, 11) is 0. The molecular weight excluding hydrogens is 261 g/mol. The zero-order valence-corrected chi connectivity index (χ0v) is 10.4. The second-order valence-corrected chi connectivity index (χ2v) is 4.91. The van der Waals surface area contributed by atoms with Crippen LogP contribution in [0.1, 0.15) is 16.5 Å². The number of nitrogens with zero attached hydrogens (tertiary/aromatic N) is 1. The molecule has 1 atom stereocenters. The van der Waals surface area contributed by atoms with E-state index in [1.54, 1.807) is 23.8 Å². The van der Waals surface area contributed by atoms with E-state index in [1.807, 2.05) is 0 Å². The fourth-order valence-corrected chi connectivity index (χ4v) is 2.42. The molecule has 0 saturated carbocycles. The fraction of sp³-hybridized carbons (Fsp3) is 0.182. The zero-order valence-electron chi connectivity index (χ0n) is 8.86. The molecule has 90 valence electrons. The summed E-state index contributed by atoms with van der Waals surface area (Å²) in [6.45, 7) is 0. The van der Waals surface area contributed by atoms with Crippen LogP contribution in [0.2, 0.25) is 5.02 Å². The molecular formula is C11H11ClFN3S. The first-order valence-corrected chi connectivity index (χ1v) is 6.25. The molecule has 3 N–H and O–H groups in total. The summed E-state index contributed by atoms with van der Waals surface area (Å²) in [6.07, 6.45) is 2.33. The summed E-state index contributed by atoms with van der Waals surface area (Å²) in [5.74, 6) is 5.04. The molecule has 0 radical (unpaired) electrons. The quantitative estimate of drug-likeness (QED) is 0.664. The predicted octanol–water partition coefficient (Wildman–Crippen LogP) is 2.68. The maximum Gasteiger partial charge on any atom is 0.146 e. The van der Waals surface area contributed by atoms with Gasteiger partial charge in [0.15, 0.2) is 0 Å². The van der Waals surface area contributed by atoms with E-state index < -0.39 is 5.82 Å². The lowest BCUT2D eigenvalue weighted by Gasteiger charge is -2.16. The van der Waals surface area contributed by atoms with E-state index in [-0.39, 0.29) is 11.1 Å². The number of aromatic nitrogens is 1. The molecule has 1 aromatic carbocycles. The maximum absolute atomic E-state index is 13.8.